The van der Waals surface area contributed by atoms with Crippen LogP contribution in [0.15, 0.2) is 18.2 Å². The molecule has 1 atom stereocenters. The molecule has 5 amide bonds. The Morgan fingerprint density at radius 2 is 1.76 bits per heavy atom. The fourth-order valence-electron chi connectivity index (χ4n) is 5.44. The highest BCUT2D eigenvalue weighted by Gasteiger charge is 2.44. The van der Waals surface area contributed by atoms with Gasteiger partial charge in [0.15, 0.2) is 0 Å². The zero-order valence-electron chi connectivity index (χ0n) is 21.1. The van der Waals surface area contributed by atoms with E-state index in [0.29, 0.717) is 23.7 Å². The van der Waals surface area contributed by atoms with Crippen molar-refractivity contribution in [2.45, 2.75) is 38.6 Å². The molecule has 0 radical (unpaired) electrons. The number of likely N-dealkylation sites (tertiary alicyclic amines) is 1. The number of piperazine rings is 1. The second-order valence-corrected chi connectivity index (χ2v) is 10.2. The van der Waals surface area contributed by atoms with Crippen molar-refractivity contribution in [2.24, 2.45) is 5.92 Å². The number of nitrogens with one attached hydrogen (secondary N) is 1. The third-order valence-electron chi connectivity index (χ3n) is 7.62. The van der Waals surface area contributed by atoms with Crippen molar-refractivity contribution < 1.29 is 28.7 Å². The Balaban J connectivity index is 1.13. The summed E-state index contributed by atoms with van der Waals surface area (Å²) < 4.78 is 5.27. The number of anilines is 1. The number of hydrogen-bond acceptors (Lipinski definition) is 8. The van der Waals surface area contributed by atoms with Crippen LogP contribution in [0.4, 0.5) is 10.5 Å². The number of nitrogens with zero attached hydrogens (tertiary/aromatic N) is 4. The smallest absolute Gasteiger partial charge is 0.409 e. The van der Waals surface area contributed by atoms with Gasteiger partial charge in [-0.3, -0.25) is 34.3 Å². The molecule has 1 aromatic rings. The van der Waals surface area contributed by atoms with Gasteiger partial charge in [-0.2, -0.15) is 0 Å². The van der Waals surface area contributed by atoms with Gasteiger partial charge in [0, 0.05) is 63.8 Å². The van der Waals surface area contributed by atoms with Crippen molar-refractivity contribution in [3.63, 3.8) is 0 Å². The van der Waals surface area contributed by atoms with Crippen LogP contribution < -0.4 is 10.2 Å². The van der Waals surface area contributed by atoms with E-state index in [0.717, 1.165) is 69.2 Å². The molecule has 4 aliphatic heterocycles. The Kier molecular flexibility index (Phi) is 7.14. The molecule has 11 heteroatoms. The number of fused-ring (bicyclic) bond motifs is 1. The molecule has 5 rings (SSSR count). The van der Waals surface area contributed by atoms with Gasteiger partial charge in [-0.15, -0.1) is 0 Å². The number of amides is 5. The summed E-state index contributed by atoms with van der Waals surface area (Å²) in [6.07, 6.45) is 1.92. The number of imide groups is 2. The second kappa shape index (κ2) is 10.5. The Labute approximate surface area is 215 Å². The third-order valence-corrected chi connectivity index (χ3v) is 7.62. The van der Waals surface area contributed by atoms with Gasteiger partial charge < -0.3 is 14.5 Å². The van der Waals surface area contributed by atoms with Crippen LogP contribution in [0.2, 0.25) is 0 Å². The minimum atomic E-state index is -0.960. The van der Waals surface area contributed by atoms with E-state index in [9.17, 15) is 24.0 Å². The topological polar surface area (TPSA) is 120 Å². The summed E-state index contributed by atoms with van der Waals surface area (Å²) in [5, 5.41) is 2.22. The first-order chi connectivity index (χ1) is 17.9. The molecule has 0 aromatic heterocycles. The van der Waals surface area contributed by atoms with E-state index >= 15 is 0 Å². The van der Waals surface area contributed by atoms with Gasteiger partial charge in [0.25, 0.3) is 11.8 Å². The maximum atomic E-state index is 13.1. The molecular weight excluding hydrogens is 478 g/mol. The van der Waals surface area contributed by atoms with Crippen molar-refractivity contribution in [2.75, 3.05) is 57.3 Å². The van der Waals surface area contributed by atoms with E-state index in [1.165, 1.54) is 0 Å². The number of benzene rings is 1. The number of piperidine rings is 1. The van der Waals surface area contributed by atoms with Gasteiger partial charge in [-0.25, -0.2) is 4.79 Å². The molecule has 4 heterocycles. The standard InChI is InChI=1S/C26H33N5O6/c1-2-3-12-37-26(36)30-15-17(16-30)14-28-8-10-29(11-9-28)18-4-5-19-20(13-18)25(35)31(24(19)34)21-6-7-22(32)27-23(21)33/h4-5,13,17,21H,2-3,6-12,14-16H2,1H3,(H,27,32,33). The molecule has 0 aliphatic carbocycles. The normalized spacial score (nSPS) is 22.7. The summed E-state index contributed by atoms with van der Waals surface area (Å²) in [5.41, 5.74) is 1.46. The van der Waals surface area contributed by atoms with E-state index in [2.05, 4.69) is 22.0 Å². The summed E-state index contributed by atoms with van der Waals surface area (Å²) in [5.74, 6) is -1.52. The van der Waals surface area contributed by atoms with Crippen LogP contribution >= 0.6 is 0 Å². The first kappa shape index (κ1) is 25.2. The van der Waals surface area contributed by atoms with E-state index in [1.807, 2.05) is 6.07 Å². The number of unbranched alkanes of at least 4 members (excludes halogenated alkanes) is 1. The van der Waals surface area contributed by atoms with Gasteiger partial charge in [0.2, 0.25) is 11.8 Å². The number of hydrogen-bond donors (Lipinski definition) is 1. The molecule has 1 unspecified atom stereocenters. The number of carbonyl (C=O) groups is 5. The van der Waals surface area contributed by atoms with Crippen molar-refractivity contribution in [1.29, 1.82) is 0 Å². The molecule has 11 nitrogen and oxygen atoms in total. The molecule has 3 fully saturated rings. The molecular formula is C26H33N5O6. The van der Waals surface area contributed by atoms with Crippen molar-refractivity contribution in [3.8, 4) is 0 Å². The molecule has 3 saturated heterocycles. The summed E-state index contributed by atoms with van der Waals surface area (Å²) >= 11 is 0. The van der Waals surface area contributed by atoms with Crippen LogP contribution in [0.25, 0.3) is 0 Å². The minimum Gasteiger partial charge on any atom is -0.449 e. The lowest BCUT2D eigenvalue weighted by atomic mass is 10.00. The van der Waals surface area contributed by atoms with Crippen LogP contribution in [-0.2, 0) is 14.3 Å². The molecule has 0 saturated carbocycles. The average molecular weight is 512 g/mol. The minimum absolute atomic E-state index is 0.0985. The highest BCUT2D eigenvalue weighted by Crippen LogP contribution is 2.31. The zero-order chi connectivity index (χ0) is 26.1. The summed E-state index contributed by atoms with van der Waals surface area (Å²) in [7, 11) is 0. The second-order valence-electron chi connectivity index (χ2n) is 10.2. The van der Waals surface area contributed by atoms with E-state index in [1.54, 1.807) is 17.0 Å². The van der Waals surface area contributed by atoms with Gasteiger partial charge in [-0.05, 0) is 31.0 Å². The lowest BCUT2D eigenvalue weighted by Gasteiger charge is -2.43. The summed E-state index contributed by atoms with van der Waals surface area (Å²) in [6.45, 7) is 8.25. The Hall–Kier alpha value is -3.47. The van der Waals surface area contributed by atoms with Crippen LogP contribution in [-0.4, -0.2) is 103 Å². The fraction of sp³-hybridized carbons (Fsp3) is 0.577. The number of ether oxygens (including phenoxy) is 1. The van der Waals surface area contributed by atoms with Gasteiger partial charge in [0.05, 0.1) is 17.7 Å². The van der Waals surface area contributed by atoms with Crippen molar-refractivity contribution >= 4 is 35.4 Å². The maximum Gasteiger partial charge on any atom is 0.409 e. The predicted molar refractivity (Wildman–Crippen MR) is 133 cm³/mol. The molecule has 198 valence electrons. The van der Waals surface area contributed by atoms with Crippen LogP contribution in [0.5, 0.6) is 0 Å². The van der Waals surface area contributed by atoms with Gasteiger partial charge in [-0.1, -0.05) is 13.3 Å². The van der Waals surface area contributed by atoms with E-state index < -0.39 is 23.8 Å². The Bertz CT molecular complexity index is 1110. The molecule has 1 aromatic carbocycles. The fourth-order valence-corrected chi connectivity index (χ4v) is 5.44. The van der Waals surface area contributed by atoms with Crippen molar-refractivity contribution in [1.82, 2.24) is 20.0 Å². The summed E-state index contributed by atoms with van der Waals surface area (Å²) in [4.78, 5) is 69.1. The summed E-state index contributed by atoms with van der Waals surface area (Å²) in [6, 6.07) is 4.29. The number of carbonyl (C=O) groups excluding carboxylic acids is 5. The highest BCUT2D eigenvalue weighted by atomic mass is 16.6. The first-order valence-electron chi connectivity index (χ1n) is 13.1. The molecule has 37 heavy (non-hydrogen) atoms. The van der Waals surface area contributed by atoms with Crippen molar-refractivity contribution in [3.05, 3.63) is 29.3 Å². The lowest BCUT2D eigenvalue weighted by Crippen LogP contribution is -2.56. The van der Waals surface area contributed by atoms with Gasteiger partial charge in [0.1, 0.15) is 6.04 Å². The SMILES string of the molecule is CCCCOC(=O)N1CC(CN2CCN(c3ccc4c(c3)C(=O)N(C3CCC(=O)NC3=O)C4=O)CC2)C1. The van der Waals surface area contributed by atoms with Gasteiger partial charge >= 0.3 is 6.09 Å². The largest absolute Gasteiger partial charge is 0.449 e. The monoisotopic (exact) mass is 511 g/mol. The maximum absolute atomic E-state index is 13.1. The lowest BCUT2D eigenvalue weighted by molar-refractivity contribution is -0.136. The van der Waals surface area contributed by atoms with E-state index in [4.69, 9.17) is 4.74 Å². The highest BCUT2D eigenvalue weighted by molar-refractivity contribution is 6.23. The number of rotatable bonds is 7. The Morgan fingerprint density at radius 1 is 1.03 bits per heavy atom. The Morgan fingerprint density at radius 3 is 2.46 bits per heavy atom. The molecule has 4 aliphatic rings. The zero-order valence-corrected chi connectivity index (χ0v) is 21.1. The van der Waals surface area contributed by atoms with Crippen LogP contribution in [0.1, 0.15) is 53.3 Å². The van der Waals surface area contributed by atoms with Crippen LogP contribution in [0, 0.1) is 5.92 Å². The van der Waals surface area contributed by atoms with Crippen LogP contribution in [0.3, 0.4) is 0 Å². The molecule has 0 bridgehead atoms. The van der Waals surface area contributed by atoms with E-state index in [-0.39, 0.29) is 24.8 Å². The molecule has 1 N–H and O–H groups in total. The average Bonchev–Trinajstić information content (AvgIpc) is 3.11. The molecule has 0 spiro atoms. The first-order valence-corrected chi connectivity index (χ1v) is 13.1. The predicted octanol–water partition coefficient (Wildman–Crippen LogP) is 1.08. The third kappa shape index (κ3) is 5.04. The quantitative estimate of drug-likeness (QED) is 0.427.